The van der Waals surface area contributed by atoms with E-state index in [1.165, 1.54) is 6.42 Å². The lowest BCUT2D eigenvalue weighted by atomic mass is 9.96. The Kier molecular flexibility index (Phi) is 9.94. The number of esters is 1. The molecule has 1 unspecified atom stereocenters. The molecule has 1 aliphatic rings. The van der Waals surface area contributed by atoms with Crippen LogP contribution in [0.3, 0.4) is 0 Å². The van der Waals surface area contributed by atoms with Gasteiger partial charge in [-0.3, -0.25) is 9.59 Å². The summed E-state index contributed by atoms with van der Waals surface area (Å²) < 4.78 is 5.21. The quantitative estimate of drug-likeness (QED) is 0.511. The maximum Gasteiger partial charge on any atom is 0.315 e. The van der Waals surface area contributed by atoms with Crippen LogP contribution in [0.25, 0.3) is 0 Å². The van der Waals surface area contributed by atoms with Gasteiger partial charge < -0.3 is 20.7 Å². The summed E-state index contributed by atoms with van der Waals surface area (Å²) in [5, 5.41) is 8.97. The zero-order valence-electron chi connectivity index (χ0n) is 17.7. The molecule has 0 bridgehead atoms. The highest BCUT2D eigenvalue weighted by atomic mass is 35.5. The zero-order chi connectivity index (χ0) is 21.9. The van der Waals surface area contributed by atoms with Gasteiger partial charge in [0.25, 0.3) is 0 Å². The fourth-order valence-electron chi connectivity index (χ4n) is 3.51. The van der Waals surface area contributed by atoms with Crippen LogP contribution >= 0.6 is 11.6 Å². The highest BCUT2D eigenvalue weighted by molar-refractivity contribution is 6.31. The number of carbonyl (C=O) groups excluding carboxylic acids is 3. The van der Waals surface area contributed by atoms with Gasteiger partial charge >= 0.3 is 12.0 Å². The Bertz CT molecular complexity index is 720. The normalized spacial score (nSPS) is 15.3. The Morgan fingerprint density at radius 1 is 1.13 bits per heavy atom. The Morgan fingerprint density at radius 3 is 2.50 bits per heavy atom. The van der Waals surface area contributed by atoms with Crippen LogP contribution in [0.4, 0.5) is 4.79 Å². The molecule has 166 valence electrons. The van der Waals surface area contributed by atoms with Crippen molar-refractivity contribution in [3.63, 3.8) is 0 Å². The van der Waals surface area contributed by atoms with Crippen molar-refractivity contribution in [2.24, 2.45) is 0 Å². The Hall–Kier alpha value is -2.28. The van der Waals surface area contributed by atoms with Crippen LogP contribution in [0.2, 0.25) is 5.02 Å². The van der Waals surface area contributed by atoms with Gasteiger partial charge in [0.1, 0.15) is 0 Å². The van der Waals surface area contributed by atoms with E-state index in [-0.39, 0.29) is 43.5 Å². The van der Waals surface area contributed by atoms with Crippen LogP contribution in [0.15, 0.2) is 24.3 Å². The molecule has 0 aliphatic heterocycles. The first-order valence-electron chi connectivity index (χ1n) is 10.6. The Morgan fingerprint density at radius 2 is 1.83 bits per heavy atom. The summed E-state index contributed by atoms with van der Waals surface area (Å²) in [7, 11) is 0. The molecular formula is C22H32ClN3O4. The fraction of sp³-hybridized carbons (Fsp3) is 0.591. The van der Waals surface area contributed by atoms with E-state index in [9.17, 15) is 14.4 Å². The molecule has 1 aliphatic carbocycles. The summed E-state index contributed by atoms with van der Waals surface area (Å²) in [5.74, 6) is -0.699. The van der Waals surface area contributed by atoms with Crippen molar-refractivity contribution in [3.05, 3.63) is 34.9 Å². The van der Waals surface area contributed by atoms with Gasteiger partial charge in [-0.1, -0.05) is 49.1 Å². The third-order valence-electron chi connectivity index (χ3n) is 4.93. The lowest BCUT2D eigenvalue weighted by Gasteiger charge is -2.23. The van der Waals surface area contributed by atoms with Gasteiger partial charge in [-0.15, -0.1) is 0 Å². The van der Waals surface area contributed by atoms with Crippen LogP contribution in [-0.2, 0) is 14.3 Å². The molecule has 7 nitrogen and oxygen atoms in total. The highest BCUT2D eigenvalue weighted by Crippen LogP contribution is 2.25. The SMILES string of the molecule is CC(C)OC(=O)CC(NC(=O)CCNC(=O)NC1CCCCC1)c1ccccc1Cl. The maximum atomic E-state index is 12.4. The van der Waals surface area contributed by atoms with Crippen molar-refractivity contribution in [2.75, 3.05) is 6.54 Å². The number of carbonyl (C=O) groups is 3. The topological polar surface area (TPSA) is 96.5 Å². The molecule has 1 aromatic rings. The molecule has 1 fully saturated rings. The first-order valence-corrected chi connectivity index (χ1v) is 11.0. The van der Waals surface area contributed by atoms with E-state index in [1.54, 1.807) is 38.1 Å². The smallest absolute Gasteiger partial charge is 0.315 e. The highest BCUT2D eigenvalue weighted by Gasteiger charge is 2.22. The molecule has 8 heteroatoms. The maximum absolute atomic E-state index is 12.4. The summed E-state index contributed by atoms with van der Waals surface area (Å²) in [6, 6.07) is 6.42. The van der Waals surface area contributed by atoms with E-state index >= 15 is 0 Å². The summed E-state index contributed by atoms with van der Waals surface area (Å²) in [6.45, 7) is 3.74. The third-order valence-corrected chi connectivity index (χ3v) is 5.28. The second kappa shape index (κ2) is 12.4. The van der Waals surface area contributed by atoms with Crippen LogP contribution in [0.5, 0.6) is 0 Å². The molecule has 1 aromatic carbocycles. The third kappa shape index (κ3) is 8.61. The molecule has 0 radical (unpaired) electrons. The molecule has 30 heavy (non-hydrogen) atoms. The minimum atomic E-state index is -0.603. The predicted octanol–water partition coefficient (Wildman–Crippen LogP) is 3.86. The lowest BCUT2D eigenvalue weighted by Crippen LogP contribution is -2.44. The van der Waals surface area contributed by atoms with E-state index in [4.69, 9.17) is 16.3 Å². The Labute approximate surface area is 183 Å². The van der Waals surface area contributed by atoms with Crippen LogP contribution in [0, 0.1) is 0 Å². The minimum absolute atomic E-state index is 0.0246. The largest absolute Gasteiger partial charge is 0.463 e. The molecule has 3 N–H and O–H groups in total. The first-order chi connectivity index (χ1) is 14.3. The van der Waals surface area contributed by atoms with Crippen molar-refractivity contribution >= 4 is 29.5 Å². The number of hydrogen-bond donors (Lipinski definition) is 3. The fourth-order valence-corrected chi connectivity index (χ4v) is 3.78. The Balaban J connectivity index is 1.84. The van der Waals surface area contributed by atoms with Gasteiger partial charge in [-0.25, -0.2) is 4.79 Å². The van der Waals surface area contributed by atoms with Crippen molar-refractivity contribution in [1.29, 1.82) is 0 Å². The van der Waals surface area contributed by atoms with Crippen LogP contribution in [0.1, 0.15) is 70.4 Å². The van der Waals surface area contributed by atoms with Crippen molar-refractivity contribution in [2.45, 2.75) is 77.0 Å². The molecule has 1 saturated carbocycles. The lowest BCUT2D eigenvalue weighted by molar-refractivity contribution is -0.148. The van der Waals surface area contributed by atoms with Crippen molar-refractivity contribution < 1.29 is 19.1 Å². The van der Waals surface area contributed by atoms with E-state index in [0.29, 0.717) is 10.6 Å². The van der Waals surface area contributed by atoms with Crippen molar-refractivity contribution in [3.8, 4) is 0 Å². The van der Waals surface area contributed by atoms with Gasteiger partial charge in [0, 0.05) is 24.0 Å². The van der Waals surface area contributed by atoms with E-state index in [2.05, 4.69) is 16.0 Å². The van der Waals surface area contributed by atoms with E-state index in [0.717, 1.165) is 25.7 Å². The number of ether oxygens (including phenoxy) is 1. The van der Waals surface area contributed by atoms with Gasteiger partial charge in [0.05, 0.1) is 18.6 Å². The number of benzene rings is 1. The average molecular weight is 438 g/mol. The van der Waals surface area contributed by atoms with Gasteiger partial charge in [0.2, 0.25) is 5.91 Å². The monoisotopic (exact) mass is 437 g/mol. The number of amides is 3. The number of nitrogens with one attached hydrogen (secondary N) is 3. The molecule has 0 heterocycles. The molecule has 3 amide bonds. The van der Waals surface area contributed by atoms with Crippen LogP contribution in [-0.4, -0.2) is 36.6 Å². The number of hydrogen-bond acceptors (Lipinski definition) is 4. The summed E-state index contributed by atoms with van der Waals surface area (Å²) in [6.07, 6.45) is 5.32. The zero-order valence-corrected chi connectivity index (χ0v) is 18.5. The van der Waals surface area contributed by atoms with E-state index < -0.39 is 12.0 Å². The van der Waals surface area contributed by atoms with E-state index in [1.807, 2.05) is 0 Å². The van der Waals surface area contributed by atoms with Gasteiger partial charge in [0.15, 0.2) is 0 Å². The van der Waals surface area contributed by atoms with Crippen LogP contribution < -0.4 is 16.0 Å². The molecular weight excluding hydrogens is 406 g/mol. The second-order valence-corrected chi connectivity index (χ2v) is 8.28. The average Bonchev–Trinajstić information content (AvgIpc) is 2.68. The standard InChI is InChI=1S/C22H32ClN3O4/c1-15(2)30-21(28)14-19(17-10-6-7-11-18(17)23)26-20(27)12-13-24-22(29)25-16-8-4-3-5-9-16/h6-7,10-11,15-16,19H,3-5,8-9,12-14H2,1-2H3,(H,26,27)(H2,24,25,29). The molecule has 0 saturated heterocycles. The summed E-state index contributed by atoms with van der Waals surface area (Å²) >= 11 is 6.26. The number of halogens is 1. The molecule has 0 aromatic heterocycles. The first kappa shape index (κ1) is 24.0. The number of rotatable bonds is 9. The van der Waals surface area contributed by atoms with Crippen molar-refractivity contribution in [1.82, 2.24) is 16.0 Å². The van der Waals surface area contributed by atoms with Gasteiger partial charge in [-0.05, 0) is 38.3 Å². The predicted molar refractivity (Wildman–Crippen MR) is 116 cm³/mol. The molecule has 1 atom stereocenters. The second-order valence-electron chi connectivity index (χ2n) is 7.87. The summed E-state index contributed by atoms with van der Waals surface area (Å²) in [5.41, 5.74) is 0.649. The minimum Gasteiger partial charge on any atom is -0.463 e. The van der Waals surface area contributed by atoms with Gasteiger partial charge in [-0.2, -0.15) is 0 Å². The molecule has 0 spiro atoms. The number of urea groups is 1. The molecule has 2 rings (SSSR count). The summed E-state index contributed by atoms with van der Waals surface area (Å²) in [4.78, 5) is 36.6.